The standard InChI is InChI=1S/C14H18BrNOS2/c1-4-5-16-13(11-7-10(17-3)8-18-11)12-6-9(2)14(15)19-12/h6-8,13,16H,4-5H2,1-3H3. The van der Waals surface area contributed by atoms with Crippen molar-refractivity contribution in [1.29, 1.82) is 0 Å². The van der Waals surface area contributed by atoms with Crippen molar-refractivity contribution in [2.45, 2.75) is 26.3 Å². The molecule has 2 nitrogen and oxygen atoms in total. The smallest absolute Gasteiger partial charge is 0.129 e. The van der Waals surface area contributed by atoms with Crippen LogP contribution in [0.25, 0.3) is 0 Å². The van der Waals surface area contributed by atoms with Crippen LogP contribution < -0.4 is 10.1 Å². The normalized spacial score (nSPS) is 12.6. The molecule has 1 N–H and O–H groups in total. The Labute approximate surface area is 130 Å². The van der Waals surface area contributed by atoms with E-state index in [1.54, 1.807) is 29.8 Å². The fourth-order valence-electron chi connectivity index (χ4n) is 1.85. The number of halogens is 1. The van der Waals surface area contributed by atoms with Gasteiger partial charge in [-0.05, 0) is 53.5 Å². The van der Waals surface area contributed by atoms with E-state index in [0.29, 0.717) is 0 Å². The number of hydrogen-bond donors (Lipinski definition) is 1. The van der Waals surface area contributed by atoms with E-state index in [9.17, 15) is 0 Å². The molecule has 0 aliphatic carbocycles. The molecule has 2 aromatic heterocycles. The van der Waals surface area contributed by atoms with E-state index in [4.69, 9.17) is 4.74 Å². The molecule has 0 fully saturated rings. The quantitative estimate of drug-likeness (QED) is 0.785. The molecule has 0 saturated carbocycles. The molecule has 0 saturated heterocycles. The third-order valence-electron chi connectivity index (χ3n) is 2.88. The Morgan fingerprint density at radius 1 is 1.37 bits per heavy atom. The van der Waals surface area contributed by atoms with Crippen LogP contribution in [0.1, 0.15) is 34.7 Å². The van der Waals surface area contributed by atoms with Crippen LogP contribution >= 0.6 is 38.6 Å². The molecule has 104 valence electrons. The average Bonchev–Trinajstić information content (AvgIpc) is 2.98. The summed E-state index contributed by atoms with van der Waals surface area (Å²) in [5.41, 5.74) is 1.30. The van der Waals surface area contributed by atoms with Gasteiger partial charge in [0.05, 0.1) is 16.9 Å². The number of ether oxygens (including phenoxy) is 1. The summed E-state index contributed by atoms with van der Waals surface area (Å²) in [6.07, 6.45) is 1.13. The van der Waals surface area contributed by atoms with Crippen LogP contribution in [0.3, 0.4) is 0 Å². The molecule has 0 bridgehead atoms. The van der Waals surface area contributed by atoms with E-state index in [0.717, 1.165) is 18.7 Å². The maximum absolute atomic E-state index is 5.29. The molecule has 0 aliphatic heterocycles. The minimum Gasteiger partial charge on any atom is -0.496 e. The van der Waals surface area contributed by atoms with Crippen molar-refractivity contribution in [3.05, 3.63) is 36.6 Å². The van der Waals surface area contributed by atoms with E-state index in [-0.39, 0.29) is 6.04 Å². The second-order valence-corrected chi connectivity index (χ2v) is 7.73. The van der Waals surface area contributed by atoms with Gasteiger partial charge in [0.15, 0.2) is 0 Å². The Balaban J connectivity index is 2.29. The summed E-state index contributed by atoms with van der Waals surface area (Å²) in [7, 11) is 1.71. The van der Waals surface area contributed by atoms with Gasteiger partial charge >= 0.3 is 0 Å². The van der Waals surface area contributed by atoms with Gasteiger partial charge in [-0.25, -0.2) is 0 Å². The largest absolute Gasteiger partial charge is 0.496 e. The lowest BCUT2D eigenvalue weighted by Gasteiger charge is -2.15. The van der Waals surface area contributed by atoms with Crippen LogP contribution in [0.2, 0.25) is 0 Å². The van der Waals surface area contributed by atoms with Gasteiger partial charge in [0.25, 0.3) is 0 Å². The average molecular weight is 360 g/mol. The van der Waals surface area contributed by atoms with Crippen LogP contribution in [0.4, 0.5) is 0 Å². The molecular formula is C14H18BrNOS2. The SMILES string of the molecule is CCCNC(c1cc(OC)cs1)c1cc(C)c(Br)s1. The van der Waals surface area contributed by atoms with Crippen molar-refractivity contribution in [2.75, 3.05) is 13.7 Å². The molecule has 1 unspecified atom stereocenters. The highest BCUT2D eigenvalue weighted by molar-refractivity contribution is 9.11. The molecule has 0 radical (unpaired) electrons. The van der Waals surface area contributed by atoms with Crippen molar-refractivity contribution >= 4 is 38.6 Å². The van der Waals surface area contributed by atoms with Crippen LogP contribution in [0.5, 0.6) is 5.75 Å². The Kier molecular flexibility index (Phi) is 5.45. The molecule has 0 aromatic carbocycles. The summed E-state index contributed by atoms with van der Waals surface area (Å²) in [5.74, 6) is 0.940. The minimum atomic E-state index is 0.267. The molecule has 0 aliphatic rings. The van der Waals surface area contributed by atoms with Crippen molar-refractivity contribution in [2.24, 2.45) is 0 Å². The zero-order valence-corrected chi connectivity index (χ0v) is 14.5. The van der Waals surface area contributed by atoms with Crippen molar-refractivity contribution in [1.82, 2.24) is 5.32 Å². The number of hydrogen-bond acceptors (Lipinski definition) is 4. The van der Waals surface area contributed by atoms with Crippen LogP contribution in [0.15, 0.2) is 21.3 Å². The van der Waals surface area contributed by atoms with Crippen molar-refractivity contribution in [3.63, 3.8) is 0 Å². The first-order chi connectivity index (χ1) is 9.15. The van der Waals surface area contributed by atoms with Gasteiger partial charge in [0.2, 0.25) is 0 Å². The number of nitrogens with one attached hydrogen (secondary N) is 1. The summed E-state index contributed by atoms with van der Waals surface area (Å²) >= 11 is 7.16. The van der Waals surface area contributed by atoms with E-state index < -0.39 is 0 Å². The molecule has 2 rings (SSSR count). The van der Waals surface area contributed by atoms with Gasteiger partial charge in [0, 0.05) is 15.1 Å². The third kappa shape index (κ3) is 3.60. The molecule has 1 atom stereocenters. The van der Waals surface area contributed by atoms with Gasteiger partial charge < -0.3 is 10.1 Å². The van der Waals surface area contributed by atoms with Crippen LogP contribution in [-0.4, -0.2) is 13.7 Å². The highest BCUT2D eigenvalue weighted by Gasteiger charge is 2.19. The maximum atomic E-state index is 5.29. The molecule has 5 heteroatoms. The number of methoxy groups -OCH3 is 1. The summed E-state index contributed by atoms with van der Waals surface area (Å²) in [5, 5.41) is 5.69. The van der Waals surface area contributed by atoms with Gasteiger partial charge in [0.1, 0.15) is 5.75 Å². The number of thiophene rings is 2. The summed E-state index contributed by atoms with van der Waals surface area (Å²) in [4.78, 5) is 2.65. The van der Waals surface area contributed by atoms with E-state index in [2.05, 4.69) is 52.6 Å². The molecule has 2 heterocycles. The molecule has 0 amide bonds. The fourth-order valence-corrected chi connectivity index (χ4v) is 4.54. The van der Waals surface area contributed by atoms with Gasteiger partial charge in [-0.1, -0.05) is 6.92 Å². The van der Waals surface area contributed by atoms with E-state index in [1.807, 2.05) is 0 Å². The minimum absolute atomic E-state index is 0.267. The van der Waals surface area contributed by atoms with Crippen molar-refractivity contribution < 1.29 is 4.74 Å². The van der Waals surface area contributed by atoms with E-state index >= 15 is 0 Å². The highest BCUT2D eigenvalue weighted by Crippen LogP contribution is 2.37. The second-order valence-electron chi connectivity index (χ2n) is 4.38. The first-order valence-corrected chi connectivity index (χ1v) is 8.76. The Morgan fingerprint density at radius 3 is 2.68 bits per heavy atom. The predicted molar refractivity (Wildman–Crippen MR) is 87.8 cm³/mol. The molecule has 19 heavy (non-hydrogen) atoms. The Bertz CT molecular complexity index is 516. The summed E-state index contributed by atoms with van der Waals surface area (Å²) in [6.45, 7) is 5.34. The van der Waals surface area contributed by atoms with Crippen LogP contribution in [-0.2, 0) is 0 Å². The lowest BCUT2D eigenvalue weighted by Crippen LogP contribution is -2.21. The lowest BCUT2D eigenvalue weighted by molar-refractivity contribution is 0.416. The summed E-state index contributed by atoms with van der Waals surface area (Å²) < 4.78 is 6.51. The van der Waals surface area contributed by atoms with E-state index in [1.165, 1.54) is 19.1 Å². The Morgan fingerprint density at radius 2 is 2.16 bits per heavy atom. The van der Waals surface area contributed by atoms with Crippen molar-refractivity contribution in [3.8, 4) is 5.75 Å². The van der Waals surface area contributed by atoms with Crippen LogP contribution in [0, 0.1) is 6.92 Å². The first-order valence-electron chi connectivity index (χ1n) is 6.27. The third-order valence-corrected chi connectivity index (χ3v) is 6.05. The Hall–Kier alpha value is -0.360. The van der Waals surface area contributed by atoms with Gasteiger partial charge in [-0.2, -0.15) is 0 Å². The zero-order valence-electron chi connectivity index (χ0n) is 11.3. The highest BCUT2D eigenvalue weighted by atomic mass is 79.9. The number of rotatable bonds is 6. The monoisotopic (exact) mass is 359 g/mol. The lowest BCUT2D eigenvalue weighted by atomic mass is 10.1. The topological polar surface area (TPSA) is 21.3 Å². The molecule has 2 aromatic rings. The maximum Gasteiger partial charge on any atom is 0.129 e. The number of aryl methyl sites for hydroxylation is 1. The summed E-state index contributed by atoms with van der Waals surface area (Å²) in [6, 6.07) is 4.65. The second kappa shape index (κ2) is 6.88. The fraction of sp³-hybridized carbons (Fsp3) is 0.429. The predicted octanol–water partition coefficient (Wildman–Crippen LogP) is 4.98. The van der Waals surface area contributed by atoms with Gasteiger partial charge in [-0.15, -0.1) is 22.7 Å². The first kappa shape index (κ1) is 15.0. The zero-order chi connectivity index (χ0) is 13.8. The molecule has 0 spiro atoms. The van der Waals surface area contributed by atoms with Gasteiger partial charge in [-0.3, -0.25) is 0 Å². The molecular weight excluding hydrogens is 342 g/mol.